The summed E-state index contributed by atoms with van der Waals surface area (Å²) in [4.78, 5) is 23.3. The molecule has 31 heavy (non-hydrogen) atoms. The molecule has 1 fully saturated rings. The number of piperidine rings is 1. The zero-order valence-corrected chi connectivity index (χ0v) is 18.1. The molecule has 4 rings (SSSR count). The van der Waals surface area contributed by atoms with E-state index in [1.165, 1.54) is 6.42 Å². The van der Waals surface area contributed by atoms with Gasteiger partial charge in [-0.2, -0.15) is 4.98 Å². The number of fused-ring (bicyclic) bond motifs is 1. The van der Waals surface area contributed by atoms with Crippen molar-refractivity contribution in [2.45, 2.75) is 49.8 Å². The Morgan fingerprint density at radius 1 is 1.13 bits per heavy atom. The molecule has 3 N–H and O–H groups in total. The van der Waals surface area contributed by atoms with Crippen molar-refractivity contribution in [3.63, 3.8) is 0 Å². The molecule has 0 aliphatic carbocycles. The van der Waals surface area contributed by atoms with Gasteiger partial charge in [-0.25, -0.2) is 13.5 Å². The maximum atomic E-state index is 12.1. The van der Waals surface area contributed by atoms with Crippen molar-refractivity contribution in [1.29, 1.82) is 0 Å². The van der Waals surface area contributed by atoms with Crippen molar-refractivity contribution in [3.05, 3.63) is 29.8 Å². The third kappa shape index (κ3) is 5.22. The first-order valence-corrected chi connectivity index (χ1v) is 12.2. The Balaban J connectivity index is 1.17. The molecule has 2 aromatic rings. The van der Waals surface area contributed by atoms with Crippen LogP contribution in [0.3, 0.4) is 0 Å². The van der Waals surface area contributed by atoms with E-state index >= 15 is 0 Å². The number of carbonyl (C=O) groups is 1. The normalized spacial score (nSPS) is 18.6. The van der Waals surface area contributed by atoms with Crippen LogP contribution in [0, 0.1) is 0 Å². The molecule has 1 aromatic carbocycles. The fourth-order valence-electron chi connectivity index (χ4n) is 3.76. The van der Waals surface area contributed by atoms with E-state index in [0.717, 1.165) is 38.8 Å². The number of nitrogens with zero attached hydrogens (tertiary/aromatic N) is 4. The molecule has 0 spiro atoms. The van der Waals surface area contributed by atoms with E-state index in [0.29, 0.717) is 42.7 Å². The van der Waals surface area contributed by atoms with Gasteiger partial charge in [0, 0.05) is 31.6 Å². The summed E-state index contributed by atoms with van der Waals surface area (Å²) in [6, 6.07) is 6.80. The highest BCUT2D eigenvalue weighted by Gasteiger charge is 2.29. The SMILES string of the molecule is O=C(CCCCCN=C1NS(=O)(=O)c2ccccc21)Nc1nc(N2CCCCC2)n[nH]1. The van der Waals surface area contributed by atoms with Crippen molar-refractivity contribution >= 4 is 33.7 Å². The molecule has 10 nitrogen and oxygen atoms in total. The van der Waals surface area contributed by atoms with Gasteiger partial charge in [0.2, 0.25) is 17.8 Å². The minimum Gasteiger partial charge on any atom is -0.340 e. The third-order valence-electron chi connectivity index (χ3n) is 5.36. The fourth-order valence-corrected chi connectivity index (χ4v) is 5.01. The summed E-state index contributed by atoms with van der Waals surface area (Å²) < 4.78 is 26.6. The summed E-state index contributed by atoms with van der Waals surface area (Å²) in [5, 5.41) is 9.73. The zero-order chi connectivity index (χ0) is 21.7. The molecule has 0 radical (unpaired) electrons. The number of sulfonamides is 1. The Labute approximate surface area is 181 Å². The first-order chi connectivity index (χ1) is 15.0. The summed E-state index contributed by atoms with van der Waals surface area (Å²) >= 11 is 0. The largest absolute Gasteiger partial charge is 0.340 e. The number of unbranched alkanes of at least 4 members (excludes halogenated alkanes) is 2. The van der Waals surface area contributed by atoms with Crippen LogP contribution in [0.25, 0.3) is 0 Å². The number of H-pyrrole nitrogens is 1. The Bertz CT molecular complexity index is 1060. The van der Waals surface area contributed by atoms with Gasteiger partial charge in [0.05, 0.1) is 4.90 Å². The average Bonchev–Trinajstić information content (AvgIpc) is 3.34. The van der Waals surface area contributed by atoms with Gasteiger partial charge in [-0.05, 0) is 44.2 Å². The number of aliphatic imine (C=N–C) groups is 1. The van der Waals surface area contributed by atoms with Crippen LogP contribution in [0.4, 0.5) is 11.9 Å². The lowest BCUT2D eigenvalue weighted by Gasteiger charge is -2.24. The predicted octanol–water partition coefficient (Wildman–Crippen LogP) is 2.03. The summed E-state index contributed by atoms with van der Waals surface area (Å²) in [5.74, 6) is 1.30. The third-order valence-corrected chi connectivity index (χ3v) is 6.76. The molecule has 1 amide bonds. The van der Waals surface area contributed by atoms with Gasteiger partial charge in [-0.15, -0.1) is 5.10 Å². The number of aromatic nitrogens is 3. The van der Waals surface area contributed by atoms with Gasteiger partial charge in [0.1, 0.15) is 5.84 Å². The van der Waals surface area contributed by atoms with Crippen LogP contribution < -0.4 is 14.9 Å². The van der Waals surface area contributed by atoms with Crippen LogP contribution >= 0.6 is 0 Å². The number of hydrogen-bond acceptors (Lipinski definition) is 7. The van der Waals surface area contributed by atoms with Crippen LogP contribution in [-0.4, -0.2) is 55.0 Å². The van der Waals surface area contributed by atoms with Crippen LogP contribution in [0.5, 0.6) is 0 Å². The number of rotatable bonds is 8. The van der Waals surface area contributed by atoms with Gasteiger partial charge in [0.15, 0.2) is 0 Å². The zero-order valence-electron chi connectivity index (χ0n) is 17.3. The summed E-state index contributed by atoms with van der Waals surface area (Å²) in [7, 11) is -3.50. The lowest BCUT2D eigenvalue weighted by molar-refractivity contribution is -0.116. The molecular formula is C20H27N7O3S. The van der Waals surface area contributed by atoms with Crippen molar-refractivity contribution in [3.8, 4) is 0 Å². The molecule has 0 atom stereocenters. The Hall–Kier alpha value is -2.95. The van der Waals surface area contributed by atoms with E-state index in [1.807, 2.05) is 0 Å². The molecule has 2 aliphatic rings. The number of carbonyl (C=O) groups excluding carboxylic acids is 1. The van der Waals surface area contributed by atoms with Gasteiger partial charge < -0.3 is 4.90 Å². The number of benzene rings is 1. The summed E-state index contributed by atoms with van der Waals surface area (Å²) in [5.41, 5.74) is 0.609. The van der Waals surface area contributed by atoms with E-state index in [9.17, 15) is 13.2 Å². The van der Waals surface area contributed by atoms with Gasteiger partial charge in [-0.3, -0.25) is 19.8 Å². The number of nitrogens with one attached hydrogen (secondary N) is 3. The summed E-state index contributed by atoms with van der Waals surface area (Å²) in [6.07, 6.45) is 6.19. The number of hydrogen-bond donors (Lipinski definition) is 3. The molecule has 1 aromatic heterocycles. The van der Waals surface area contributed by atoms with E-state index in [1.54, 1.807) is 24.3 Å². The van der Waals surface area contributed by atoms with Gasteiger partial charge in [0.25, 0.3) is 10.0 Å². The first-order valence-electron chi connectivity index (χ1n) is 10.7. The second-order valence-corrected chi connectivity index (χ2v) is 9.37. The predicted molar refractivity (Wildman–Crippen MR) is 118 cm³/mol. The topological polar surface area (TPSA) is 132 Å². The highest BCUT2D eigenvalue weighted by atomic mass is 32.2. The second-order valence-electron chi connectivity index (χ2n) is 7.72. The summed E-state index contributed by atoms with van der Waals surface area (Å²) in [6.45, 7) is 2.39. The second kappa shape index (κ2) is 9.46. The molecule has 0 unspecified atom stereocenters. The molecule has 2 aliphatic heterocycles. The molecule has 0 saturated carbocycles. The van der Waals surface area contributed by atoms with Crippen molar-refractivity contribution in [2.75, 3.05) is 29.9 Å². The number of anilines is 2. The van der Waals surface area contributed by atoms with E-state index in [4.69, 9.17) is 0 Å². The first kappa shape index (κ1) is 21.3. The minimum absolute atomic E-state index is 0.106. The maximum absolute atomic E-state index is 12.1. The van der Waals surface area contributed by atoms with E-state index in [-0.39, 0.29) is 10.8 Å². The standard InChI is InChI=1S/C20H27N7O3S/c28-17(22-19-23-20(25-24-19)27-13-7-2-8-14-27)11-3-1-6-12-21-18-15-9-4-5-10-16(15)31(29,30)26-18/h4-5,9-10H,1-3,6-8,11-14H2,(H,21,26)(H2,22,23,24,25,28). The van der Waals surface area contributed by atoms with E-state index in [2.05, 4.69) is 35.1 Å². The highest BCUT2D eigenvalue weighted by molar-refractivity contribution is 7.90. The molecule has 0 bridgehead atoms. The molecule has 3 heterocycles. The Morgan fingerprint density at radius 3 is 2.77 bits per heavy atom. The van der Waals surface area contributed by atoms with E-state index < -0.39 is 10.0 Å². The minimum atomic E-state index is -3.50. The number of amides is 1. The fraction of sp³-hybridized carbons (Fsp3) is 0.500. The lowest BCUT2D eigenvalue weighted by atomic mass is 10.1. The Kier molecular flexibility index (Phi) is 6.50. The molecular weight excluding hydrogens is 418 g/mol. The van der Waals surface area contributed by atoms with Crippen LogP contribution in [0.15, 0.2) is 34.2 Å². The number of aromatic amines is 1. The van der Waals surface area contributed by atoms with Crippen molar-refractivity contribution < 1.29 is 13.2 Å². The molecule has 166 valence electrons. The van der Waals surface area contributed by atoms with Crippen molar-refractivity contribution in [1.82, 2.24) is 19.9 Å². The Morgan fingerprint density at radius 2 is 1.94 bits per heavy atom. The van der Waals surface area contributed by atoms with Crippen LogP contribution in [0.1, 0.15) is 50.5 Å². The highest BCUT2D eigenvalue weighted by Crippen LogP contribution is 2.22. The quantitative estimate of drug-likeness (QED) is 0.533. The lowest BCUT2D eigenvalue weighted by Crippen LogP contribution is -2.30. The number of amidine groups is 1. The molecule has 11 heteroatoms. The average molecular weight is 446 g/mol. The van der Waals surface area contributed by atoms with Crippen LogP contribution in [-0.2, 0) is 14.8 Å². The van der Waals surface area contributed by atoms with Gasteiger partial charge >= 0.3 is 0 Å². The maximum Gasteiger partial charge on any atom is 0.263 e. The van der Waals surface area contributed by atoms with Crippen molar-refractivity contribution in [2.24, 2.45) is 4.99 Å². The molecule has 1 saturated heterocycles. The van der Waals surface area contributed by atoms with Gasteiger partial charge in [-0.1, -0.05) is 18.6 Å². The monoisotopic (exact) mass is 445 g/mol. The smallest absolute Gasteiger partial charge is 0.263 e. The van der Waals surface area contributed by atoms with Crippen LogP contribution in [0.2, 0.25) is 0 Å².